The van der Waals surface area contributed by atoms with Crippen molar-refractivity contribution in [2.75, 3.05) is 0 Å². The van der Waals surface area contributed by atoms with Crippen molar-refractivity contribution >= 4 is 5.97 Å². The molecule has 0 fully saturated rings. The predicted octanol–water partition coefficient (Wildman–Crippen LogP) is 3.09. The molecule has 0 spiro atoms. The van der Waals surface area contributed by atoms with Crippen LogP contribution in [0.25, 0.3) is 0 Å². The van der Waals surface area contributed by atoms with Crippen molar-refractivity contribution in [3.63, 3.8) is 0 Å². The second kappa shape index (κ2) is 5.14. The third-order valence-electron chi connectivity index (χ3n) is 1.97. The molecule has 1 atom stereocenters. The van der Waals surface area contributed by atoms with Gasteiger partial charge in [0.15, 0.2) is 0 Å². The summed E-state index contributed by atoms with van der Waals surface area (Å²) in [7, 11) is 0. The summed E-state index contributed by atoms with van der Waals surface area (Å²) in [6.45, 7) is 2.52. The van der Waals surface area contributed by atoms with E-state index in [1.54, 1.807) is 0 Å². The number of halogens is 4. The minimum Gasteiger partial charge on any atom is -0.478 e. The van der Waals surface area contributed by atoms with Crippen molar-refractivity contribution in [3.05, 3.63) is 11.1 Å². The number of carbonyl (C=O) groups is 1. The fourth-order valence-electron chi connectivity index (χ4n) is 1.14. The topological polar surface area (TPSA) is 37.3 Å². The summed E-state index contributed by atoms with van der Waals surface area (Å²) in [5.41, 5.74) is -0.658. The van der Waals surface area contributed by atoms with E-state index in [0.717, 1.165) is 6.92 Å². The molecule has 0 aliphatic carbocycles. The molecule has 0 radical (unpaired) electrons. The molecule has 15 heavy (non-hydrogen) atoms. The zero-order valence-electron chi connectivity index (χ0n) is 8.36. The van der Waals surface area contributed by atoms with Crippen LogP contribution in [0.5, 0.6) is 0 Å². The van der Waals surface area contributed by atoms with Gasteiger partial charge in [0, 0.05) is 5.57 Å². The molecule has 0 aromatic rings. The smallest absolute Gasteiger partial charge is 0.392 e. The predicted molar refractivity (Wildman–Crippen MR) is 46.2 cm³/mol. The van der Waals surface area contributed by atoms with Gasteiger partial charge in [0.2, 0.25) is 0 Å². The molecule has 1 unspecified atom stereocenters. The Hall–Kier alpha value is -1.07. The van der Waals surface area contributed by atoms with Gasteiger partial charge in [0.25, 0.3) is 0 Å². The maximum Gasteiger partial charge on any atom is 0.392 e. The van der Waals surface area contributed by atoms with E-state index in [0.29, 0.717) is 0 Å². The van der Waals surface area contributed by atoms with Crippen LogP contribution < -0.4 is 0 Å². The van der Waals surface area contributed by atoms with Crippen LogP contribution in [0.4, 0.5) is 17.6 Å². The first kappa shape index (κ1) is 13.9. The molecule has 0 aromatic heterocycles. The van der Waals surface area contributed by atoms with E-state index in [2.05, 4.69) is 0 Å². The van der Waals surface area contributed by atoms with E-state index >= 15 is 0 Å². The molecule has 0 amide bonds. The van der Waals surface area contributed by atoms with Crippen LogP contribution in [-0.4, -0.2) is 23.4 Å². The Labute approximate surface area is 84.6 Å². The van der Waals surface area contributed by atoms with Crippen LogP contribution in [0.2, 0.25) is 0 Å². The van der Waals surface area contributed by atoms with Gasteiger partial charge in [0.05, 0.1) is 6.42 Å². The number of hydrogen-bond donors (Lipinski definition) is 1. The maximum absolute atomic E-state index is 13.0. The molecule has 6 heteroatoms. The molecule has 0 aliphatic rings. The van der Waals surface area contributed by atoms with Crippen LogP contribution in [-0.2, 0) is 4.79 Å². The normalized spacial score (nSPS) is 15.9. The Morgan fingerprint density at radius 1 is 1.40 bits per heavy atom. The molecule has 0 aromatic carbocycles. The van der Waals surface area contributed by atoms with Gasteiger partial charge in [-0.2, -0.15) is 13.2 Å². The second-order valence-corrected chi connectivity index (χ2v) is 3.11. The first-order valence-corrected chi connectivity index (χ1v) is 4.32. The highest BCUT2D eigenvalue weighted by Crippen LogP contribution is 2.28. The molecule has 2 nitrogen and oxygen atoms in total. The quantitative estimate of drug-likeness (QED) is 0.593. The Bertz CT molecular complexity index is 268. The SMILES string of the molecule is CCC(C(=O)O)=C(C)C(F)CC(F)(F)F. The first-order chi connectivity index (χ1) is 6.69. The summed E-state index contributed by atoms with van der Waals surface area (Å²) < 4.78 is 48.5. The van der Waals surface area contributed by atoms with E-state index in [4.69, 9.17) is 5.11 Å². The van der Waals surface area contributed by atoms with Crippen molar-refractivity contribution in [1.29, 1.82) is 0 Å². The summed E-state index contributed by atoms with van der Waals surface area (Å²) in [5, 5.41) is 8.59. The van der Waals surface area contributed by atoms with Crippen molar-refractivity contribution in [3.8, 4) is 0 Å². The van der Waals surface area contributed by atoms with Crippen LogP contribution in [0.3, 0.4) is 0 Å². The molecule has 0 heterocycles. The third-order valence-corrected chi connectivity index (χ3v) is 1.97. The van der Waals surface area contributed by atoms with Crippen molar-refractivity contribution < 1.29 is 27.5 Å². The molecule has 0 aliphatic heterocycles. The number of rotatable bonds is 4. The maximum atomic E-state index is 13.0. The summed E-state index contributed by atoms with van der Waals surface area (Å²) in [5.74, 6) is -1.38. The molecule has 0 rings (SSSR count). The van der Waals surface area contributed by atoms with Crippen LogP contribution >= 0.6 is 0 Å². The van der Waals surface area contributed by atoms with Gasteiger partial charge < -0.3 is 5.11 Å². The molecule has 0 saturated heterocycles. The van der Waals surface area contributed by atoms with Gasteiger partial charge in [-0.05, 0) is 18.9 Å². The Balaban J connectivity index is 4.81. The van der Waals surface area contributed by atoms with Crippen LogP contribution in [0, 0.1) is 0 Å². The highest BCUT2D eigenvalue weighted by atomic mass is 19.4. The number of allylic oxidation sites excluding steroid dienone is 1. The average Bonchev–Trinajstić information content (AvgIpc) is 2.01. The van der Waals surface area contributed by atoms with Gasteiger partial charge in [-0.3, -0.25) is 0 Å². The molecule has 1 N–H and O–H groups in total. The molecule has 0 bridgehead atoms. The lowest BCUT2D eigenvalue weighted by Gasteiger charge is -2.13. The van der Waals surface area contributed by atoms with E-state index in [-0.39, 0.29) is 17.6 Å². The van der Waals surface area contributed by atoms with Crippen molar-refractivity contribution in [2.24, 2.45) is 0 Å². The summed E-state index contributed by atoms with van der Waals surface area (Å²) in [6, 6.07) is 0. The van der Waals surface area contributed by atoms with Crippen molar-refractivity contribution in [2.45, 2.75) is 39.0 Å². The lowest BCUT2D eigenvalue weighted by molar-refractivity contribution is -0.144. The second-order valence-electron chi connectivity index (χ2n) is 3.11. The summed E-state index contributed by atoms with van der Waals surface area (Å²) in [6.07, 6.45) is -8.55. The zero-order valence-corrected chi connectivity index (χ0v) is 8.36. The number of hydrogen-bond acceptors (Lipinski definition) is 1. The summed E-state index contributed by atoms with van der Waals surface area (Å²) >= 11 is 0. The summed E-state index contributed by atoms with van der Waals surface area (Å²) in [4.78, 5) is 10.5. The number of aliphatic carboxylic acids is 1. The first-order valence-electron chi connectivity index (χ1n) is 4.32. The van der Waals surface area contributed by atoms with E-state index < -0.39 is 24.7 Å². The monoisotopic (exact) mass is 228 g/mol. The molecule has 88 valence electrons. The van der Waals surface area contributed by atoms with Gasteiger partial charge in [-0.15, -0.1) is 0 Å². The van der Waals surface area contributed by atoms with Crippen LogP contribution in [0.15, 0.2) is 11.1 Å². The molecule has 0 saturated carbocycles. The van der Waals surface area contributed by atoms with Crippen LogP contribution in [0.1, 0.15) is 26.7 Å². The minimum absolute atomic E-state index is 0.000552. The minimum atomic E-state index is -4.63. The Morgan fingerprint density at radius 3 is 2.13 bits per heavy atom. The number of carboxylic acid groups (broad SMARTS) is 1. The third kappa shape index (κ3) is 4.80. The fraction of sp³-hybridized carbons (Fsp3) is 0.667. The van der Waals surface area contributed by atoms with Gasteiger partial charge in [-0.1, -0.05) is 6.92 Å². The number of alkyl halides is 4. The largest absolute Gasteiger partial charge is 0.478 e. The average molecular weight is 228 g/mol. The highest BCUT2D eigenvalue weighted by molar-refractivity contribution is 5.87. The highest BCUT2D eigenvalue weighted by Gasteiger charge is 2.33. The van der Waals surface area contributed by atoms with Gasteiger partial charge >= 0.3 is 12.1 Å². The van der Waals surface area contributed by atoms with E-state index in [9.17, 15) is 22.4 Å². The molecular formula is C9H12F4O2. The van der Waals surface area contributed by atoms with E-state index in [1.807, 2.05) is 0 Å². The standard InChI is InChI=1S/C9H12F4O2/c1-3-6(8(14)15)5(2)7(10)4-9(11,12)13/h7H,3-4H2,1-2H3,(H,14,15). The fourth-order valence-corrected chi connectivity index (χ4v) is 1.14. The van der Waals surface area contributed by atoms with E-state index in [1.165, 1.54) is 6.92 Å². The zero-order chi connectivity index (χ0) is 12.2. The van der Waals surface area contributed by atoms with Crippen molar-refractivity contribution in [1.82, 2.24) is 0 Å². The Morgan fingerprint density at radius 2 is 1.87 bits per heavy atom. The molecular weight excluding hydrogens is 216 g/mol. The van der Waals surface area contributed by atoms with Gasteiger partial charge in [0.1, 0.15) is 6.17 Å². The lowest BCUT2D eigenvalue weighted by Crippen LogP contribution is -2.19. The lowest BCUT2D eigenvalue weighted by atomic mass is 10.0. The van der Waals surface area contributed by atoms with Gasteiger partial charge in [-0.25, -0.2) is 9.18 Å². The number of carboxylic acids is 1. The Kier molecular flexibility index (Phi) is 4.77.